The molecule has 1 fully saturated rings. The fourth-order valence-corrected chi connectivity index (χ4v) is 4.18. The molecule has 1 aliphatic rings. The fraction of sp³-hybridized carbons (Fsp3) is 0.214. The lowest BCUT2D eigenvalue weighted by atomic mass is 9.94. The Labute approximate surface area is 199 Å². The largest absolute Gasteiger partial charge is 0.507 e. The van der Waals surface area contributed by atoms with Gasteiger partial charge in [0.05, 0.1) is 24.8 Å². The first-order chi connectivity index (χ1) is 16.3. The highest BCUT2D eigenvalue weighted by Gasteiger charge is 2.46. The van der Waals surface area contributed by atoms with Crippen LogP contribution in [0.5, 0.6) is 11.5 Å². The molecule has 6 heteroatoms. The molecule has 1 N–H and O–H groups in total. The number of carbonyl (C=O) groups excluding carboxylic acids is 2. The first-order valence-corrected chi connectivity index (χ1v) is 11.1. The number of hydrogen-bond donors (Lipinski definition) is 1. The van der Waals surface area contributed by atoms with Crippen LogP contribution >= 0.6 is 0 Å². The van der Waals surface area contributed by atoms with Crippen LogP contribution in [0.15, 0.2) is 78.4 Å². The number of ether oxygens (including phenoxy) is 2. The summed E-state index contributed by atoms with van der Waals surface area (Å²) >= 11 is 0. The van der Waals surface area contributed by atoms with Crippen molar-refractivity contribution in [3.8, 4) is 11.5 Å². The molecule has 1 unspecified atom stereocenters. The Bertz CT molecular complexity index is 1250. The van der Waals surface area contributed by atoms with Crippen LogP contribution in [-0.4, -0.2) is 30.0 Å². The van der Waals surface area contributed by atoms with Gasteiger partial charge in [0, 0.05) is 11.3 Å². The molecule has 3 aromatic rings. The third-order valence-corrected chi connectivity index (χ3v) is 5.71. The number of Topliss-reactive ketones (excluding diaryl/α,β-unsaturated/α-hetero) is 1. The van der Waals surface area contributed by atoms with E-state index in [0.29, 0.717) is 28.3 Å². The number of aryl methyl sites for hydroxylation is 1. The monoisotopic (exact) mass is 457 g/mol. The van der Waals surface area contributed by atoms with Crippen molar-refractivity contribution in [3.05, 3.63) is 95.1 Å². The van der Waals surface area contributed by atoms with Gasteiger partial charge in [-0.3, -0.25) is 14.5 Å². The number of ketones is 1. The SMILES string of the molecule is COc1ccc(/C(O)=C2/C(=O)C(=O)N(c3ccccc3)C2c2ccc(OC(C)C)cc2)cc1C. The van der Waals surface area contributed by atoms with Gasteiger partial charge in [-0.2, -0.15) is 0 Å². The highest BCUT2D eigenvalue weighted by Crippen LogP contribution is 2.42. The van der Waals surface area contributed by atoms with E-state index in [9.17, 15) is 14.7 Å². The van der Waals surface area contributed by atoms with Crippen LogP contribution in [0.25, 0.3) is 5.76 Å². The number of methoxy groups -OCH3 is 1. The van der Waals surface area contributed by atoms with Gasteiger partial charge in [0.15, 0.2) is 0 Å². The number of hydrogen-bond acceptors (Lipinski definition) is 5. The molecule has 6 nitrogen and oxygen atoms in total. The van der Waals surface area contributed by atoms with Crippen LogP contribution < -0.4 is 14.4 Å². The van der Waals surface area contributed by atoms with Crippen molar-refractivity contribution in [3.63, 3.8) is 0 Å². The maximum atomic E-state index is 13.2. The van der Waals surface area contributed by atoms with Gasteiger partial charge in [0.25, 0.3) is 11.7 Å². The zero-order valence-corrected chi connectivity index (χ0v) is 19.6. The summed E-state index contributed by atoms with van der Waals surface area (Å²) in [7, 11) is 1.57. The number of amides is 1. The van der Waals surface area contributed by atoms with Gasteiger partial charge in [-0.25, -0.2) is 0 Å². The Hall–Kier alpha value is -4.06. The molecule has 1 amide bonds. The fourth-order valence-electron chi connectivity index (χ4n) is 4.18. The Kier molecular flexibility index (Phi) is 6.41. The molecule has 0 radical (unpaired) electrons. The van der Waals surface area contributed by atoms with Crippen LogP contribution in [0, 0.1) is 6.92 Å². The molecule has 1 aliphatic heterocycles. The predicted octanol–water partition coefficient (Wildman–Crippen LogP) is 5.42. The first-order valence-electron chi connectivity index (χ1n) is 11.1. The standard InChI is InChI=1S/C28H27NO5/c1-17(2)34-22-13-10-19(11-14-22)25-24(26(30)20-12-15-23(33-4)18(3)16-20)27(31)28(32)29(25)21-8-6-5-7-9-21/h5-17,25,30H,1-4H3/b26-24-. The van der Waals surface area contributed by atoms with Crippen molar-refractivity contribution in [2.75, 3.05) is 12.0 Å². The third-order valence-electron chi connectivity index (χ3n) is 5.71. The molecule has 174 valence electrons. The number of para-hydroxylation sites is 1. The van der Waals surface area contributed by atoms with E-state index in [4.69, 9.17) is 9.47 Å². The number of anilines is 1. The van der Waals surface area contributed by atoms with E-state index in [1.165, 1.54) is 4.90 Å². The van der Waals surface area contributed by atoms with Crippen molar-refractivity contribution in [1.29, 1.82) is 0 Å². The Morgan fingerprint density at radius 2 is 1.65 bits per heavy atom. The molecule has 34 heavy (non-hydrogen) atoms. The Morgan fingerprint density at radius 3 is 2.24 bits per heavy atom. The van der Waals surface area contributed by atoms with Crippen LogP contribution in [-0.2, 0) is 9.59 Å². The second-order valence-electron chi connectivity index (χ2n) is 8.42. The molecule has 0 spiro atoms. The second-order valence-corrected chi connectivity index (χ2v) is 8.42. The molecular weight excluding hydrogens is 430 g/mol. The molecule has 3 aromatic carbocycles. The second kappa shape index (κ2) is 9.43. The Morgan fingerprint density at radius 1 is 0.971 bits per heavy atom. The van der Waals surface area contributed by atoms with Crippen LogP contribution in [0.2, 0.25) is 0 Å². The minimum atomic E-state index is -0.794. The maximum Gasteiger partial charge on any atom is 0.300 e. The lowest BCUT2D eigenvalue weighted by Crippen LogP contribution is -2.29. The molecule has 0 aliphatic carbocycles. The predicted molar refractivity (Wildman–Crippen MR) is 131 cm³/mol. The summed E-state index contributed by atoms with van der Waals surface area (Å²) in [5.41, 5.74) is 2.54. The summed E-state index contributed by atoms with van der Waals surface area (Å²) in [4.78, 5) is 27.9. The van der Waals surface area contributed by atoms with E-state index in [2.05, 4.69) is 0 Å². The smallest absolute Gasteiger partial charge is 0.300 e. The topological polar surface area (TPSA) is 76.1 Å². The average Bonchev–Trinajstić information content (AvgIpc) is 3.09. The molecular formula is C28H27NO5. The van der Waals surface area contributed by atoms with Crippen molar-refractivity contribution in [2.24, 2.45) is 0 Å². The summed E-state index contributed by atoms with van der Waals surface area (Å²) in [6, 6.07) is 20.6. The van der Waals surface area contributed by atoms with Gasteiger partial charge in [-0.05, 0) is 74.4 Å². The van der Waals surface area contributed by atoms with E-state index >= 15 is 0 Å². The highest BCUT2D eigenvalue weighted by atomic mass is 16.5. The number of rotatable bonds is 6. The summed E-state index contributed by atoms with van der Waals surface area (Å²) in [5.74, 6) is -0.303. The zero-order chi connectivity index (χ0) is 24.4. The Balaban J connectivity index is 1.88. The van der Waals surface area contributed by atoms with Crippen molar-refractivity contribution in [1.82, 2.24) is 0 Å². The molecule has 0 saturated carbocycles. The van der Waals surface area contributed by atoms with E-state index in [-0.39, 0.29) is 17.4 Å². The van der Waals surface area contributed by atoms with Crippen LogP contribution in [0.1, 0.15) is 36.6 Å². The average molecular weight is 458 g/mol. The lowest BCUT2D eigenvalue weighted by molar-refractivity contribution is -0.132. The van der Waals surface area contributed by atoms with E-state index in [1.54, 1.807) is 61.7 Å². The van der Waals surface area contributed by atoms with Crippen molar-refractivity contribution >= 4 is 23.1 Å². The molecule has 1 heterocycles. The number of aliphatic hydroxyl groups is 1. The molecule has 0 aromatic heterocycles. The molecule has 4 rings (SSSR count). The quantitative estimate of drug-likeness (QED) is 0.304. The third kappa shape index (κ3) is 4.27. The van der Waals surface area contributed by atoms with Gasteiger partial charge in [0.2, 0.25) is 0 Å². The van der Waals surface area contributed by atoms with Gasteiger partial charge in [0.1, 0.15) is 17.3 Å². The number of aliphatic hydroxyl groups excluding tert-OH is 1. The van der Waals surface area contributed by atoms with Gasteiger partial charge >= 0.3 is 0 Å². The summed E-state index contributed by atoms with van der Waals surface area (Å²) in [6.07, 6.45) is 0.0131. The summed E-state index contributed by atoms with van der Waals surface area (Å²) < 4.78 is 11.1. The van der Waals surface area contributed by atoms with Crippen LogP contribution in [0.3, 0.4) is 0 Å². The zero-order valence-electron chi connectivity index (χ0n) is 19.6. The minimum Gasteiger partial charge on any atom is -0.507 e. The van der Waals surface area contributed by atoms with Gasteiger partial charge < -0.3 is 14.6 Å². The maximum absolute atomic E-state index is 13.2. The number of nitrogens with zero attached hydrogens (tertiary/aromatic N) is 1. The van der Waals surface area contributed by atoms with Crippen molar-refractivity contribution in [2.45, 2.75) is 32.9 Å². The lowest BCUT2D eigenvalue weighted by Gasteiger charge is -2.25. The van der Waals surface area contributed by atoms with Crippen molar-refractivity contribution < 1.29 is 24.2 Å². The normalized spacial score (nSPS) is 17.3. The summed E-state index contributed by atoms with van der Waals surface area (Å²) in [6.45, 7) is 5.73. The molecule has 0 bridgehead atoms. The highest BCUT2D eigenvalue weighted by molar-refractivity contribution is 6.51. The van der Waals surface area contributed by atoms with Gasteiger partial charge in [-0.1, -0.05) is 30.3 Å². The van der Waals surface area contributed by atoms with E-state index in [1.807, 2.05) is 39.0 Å². The number of carbonyl (C=O) groups is 2. The van der Waals surface area contributed by atoms with E-state index < -0.39 is 17.7 Å². The van der Waals surface area contributed by atoms with E-state index in [0.717, 1.165) is 5.56 Å². The van der Waals surface area contributed by atoms with Crippen LogP contribution in [0.4, 0.5) is 5.69 Å². The summed E-state index contributed by atoms with van der Waals surface area (Å²) in [5, 5.41) is 11.3. The molecule has 1 atom stereocenters. The van der Waals surface area contributed by atoms with Gasteiger partial charge in [-0.15, -0.1) is 0 Å². The number of benzene rings is 3. The first kappa shape index (κ1) is 23.1. The minimum absolute atomic E-state index is 0.0131. The molecule has 1 saturated heterocycles.